The van der Waals surface area contributed by atoms with Crippen LogP contribution in [0.1, 0.15) is 36.4 Å². The molecule has 1 aliphatic heterocycles. The number of thiophene rings is 1. The Kier molecular flexibility index (Phi) is 6.94. The normalized spacial score (nSPS) is 16.9. The molecule has 2 aromatic rings. The van der Waals surface area contributed by atoms with E-state index in [1.54, 1.807) is 6.26 Å². The fourth-order valence-electron chi connectivity index (χ4n) is 3.20. The van der Waals surface area contributed by atoms with Gasteiger partial charge in [0, 0.05) is 24.4 Å². The largest absolute Gasteiger partial charge is 0.469 e. The predicted octanol–water partition coefficient (Wildman–Crippen LogP) is 3.28. The van der Waals surface area contributed by atoms with E-state index in [4.69, 9.17) is 9.41 Å². The van der Waals surface area contributed by atoms with Crippen molar-refractivity contribution in [3.63, 3.8) is 0 Å². The second kappa shape index (κ2) is 9.63. The van der Waals surface area contributed by atoms with E-state index in [1.807, 2.05) is 23.5 Å². The molecule has 25 heavy (non-hydrogen) atoms. The van der Waals surface area contributed by atoms with Gasteiger partial charge in [0.05, 0.1) is 18.8 Å². The van der Waals surface area contributed by atoms with Crippen LogP contribution >= 0.6 is 11.3 Å². The van der Waals surface area contributed by atoms with Crippen LogP contribution in [0.5, 0.6) is 0 Å². The van der Waals surface area contributed by atoms with Gasteiger partial charge in [0.25, 0.3) is 0 Å². The van der Waals surface area contributed by atoms with Crippen molar-refractivity contribution in [3.05, 3.63) is 46.5 Å². The van der Waals surface area contributed by atoms with Crippen LogP contribution in [0.2, 0.25) is 0 Å². The Hall–Kier alpha value is -1.79. The Labute approximate surface area is 154 Å². The van der Waals surface area contributed by atoms with Crippen molar-refractivity contribution < 1.29 is 4.42 Å². The molecule has 6 heteroatoms. The van der Waals surface area contributed by atoms with Gasteiger partial charge in [0.2, 0.25) is 0 Å². The third kappa shape index (κ3) is 5.34. The summed E-state index contributed by atoms with van der Waals surface area (Å²) in [5, 5.41) is 8.92. The number of nitrogens with zero attached hydrogens (tertiary/aromatic N) is 2. The maximum atomic E-state index is 5.38. The van der Waals surface area contributed by atoms with Crippen LogP contribution in [0, 0.1) is 0 Å². The van der Waals surface area contributed by atoms with E-state index in [0.717, 1.165) is 37.8 Å². The molecular weight excluding hydrogens is 332 g/mol. The molecule has 3 heterocycles. The molecule has 1 saturated heterocycles. The highest BCUT2D eigenvalue weighted by Crippen LogP contribution is 2.28. The first-order chi connectivity index (χ1) is 12.4. The maximum Gasteiger partial charge on any atom is 0.191 e. The maximum absolute atomic E-state index is 5.38. The van der Waals surface area contributed by atoms with Gasteiger partial charge in [-0.3, -0.25) is 9.89 Å². The van der Waals surface area contributed by atoms with Gasteiger partial charge in [-0.1, -0.05) is 6.07 Å². The van der Waals surface area contributed by atoms with Crippen molar-refractivity contribution in [3.8, 4) is 0 Å². The monoisotopic (exact) mass is 360 g/mol. The Morgan fingerprint density at radius 3 is 2.84 bits per heavy atom. The lowest BCUT2D eigenvalue weighted by Crippen LogP contribution is -2.39. The molecule has 2 N–H and O–H groups in total. The summed E-state index contributed by atoms with van der Waals surface area (Å²) >= 11 is 1.83. The lowest BCUT2D eigenvalue weighted by Gasteiger charge is -2.25. The number of aliphatic imine (C=N–C) groups is 1. The summed E-state index contributed by atoms with van der Waals surface area (Å²) in [5.74, 6) is 1.88. The van der Waals surface area contributed by atoms with Gasteiger partial charge in [-0.2, -0.15) is 0 Å². The number of likely N-dealkylation sites (tertiary alicyclic amines) is 1. The molecule has 5 nitrogen and oxygen atoms in total. The Bertz CT molecular complexity index is 618. The van der Waals surface area contributed by atoms with Gasteiger partial charge >= 0.3 is 0 Å². The molecule has 0 saturated carbocycles. The summed E-state index contributed by atoms with van der Waals surface area (Å²) in [6.45, 7) is 6.92. The molecule has 136 valence electrons. The summed E-state index contributed by atoms with van der Waals surface area (Å²) in [4.78, 5) is 8.85. The van der Waals surface area contributed by atoms with Gasteiger partial charge < -0.3 is 15.1 Å². The van der Waals surface area contributed by atoms with Crippen molar-refractivity contribution in [2.75, 3.05) is 32.7 Å². The average molecular weight is 361 g/mol. The second-order valence-corrected chi connectivity index (χ2v) is 7.23. The molecule has 1 aliphatic rings. The zero-order chi connectivity index (χ0) is 17.3. The van der Waals surface area contributed by atoms with Crippen molar-refractivity contribution in [1.82, 2.24) is 15.5 Å². The van der Waals surface area contributed by atoms with E-state index >= 15 is 0 Å². The molecule has 0 amide bonds. The summed E-state index contributed by atoms with van der Waals surface area (Å²) < 4.78 is 5.38. The van der Waals surface area contributed by atoms with E-state index in [2.05, 4.69) is 40.0 Å². The standard InChI is InChI=1S/C19H28N4OS/c1-2-20-19(21-10-9-16-7-5-13-24-16)22-15-17(18-8-6-14-25-18)23-11-3-4-12-23/h5-8,13-14,17H,2-4,9-12,15H2,1H3,(H2,20,21,22). The first-order valence-electron chi connectivity index (χ1n) is 9.19. The van der Waals surface area contributed by atoms with E-state index in [9.17, 15) is 0 Å². The van der Waals surface area contributed by atoms with Gasteiger partial charge in [-0.15, -0.1) is 11.3 Å². The van der Waals surface area contributed by atoms with Gasteiger partial charge in [-0.25, -0.2) is 0 Å². The Balaban J connectivity index is 1.59. The fourth-order valence-corrected chi connectivity index (χ4v) is 4.05. The molecule has 2 aromatic heterocycles. The molecule has 0 spiro atoms. The Morgan fingerprint density at radius 1 is 1.28 bits per heavy atom. The van der Waals surface area contributed by atoms with E-state index < -0.39 is 0 Å². The third-order valence-corrected chi connectivity index (χ3v) is 5.44. The quantitative estimate of drug-likeness (QED) is 0.560. The van der Waals surface area contributed by atoms with Gasteiger partial charge in [-0.05, 0) is 56.4 Å². The summed E-state index contributed by atoms with van der Waals surface area (Å²) in [6.07, 6.45) is 5.17. The topological polar surface area (TPSA) is 52.8 Å². The smallest absolute Gasteiger partial charge is 0.191 e. The molecule has 1 unspecified atom stereocenters. The molecule has 1 fully saturated rings. The number of nitrogens with one attached hydrogen (secondary N) is 2. The third-order valence-electron chi connectivity index (χ3n) is 4.46. The lowest BCUT2D eigenvalue weighted by molar-refractivity contribution is 0.255. The summed E-state index contributed by atoms with van der Waals surface area (Å²) in [6, 6.07) is 8.70. The van der Waals surface area contributed by atoms with Crippen LogP contribution in [-0.2, 0) is 6.42 Å². The predicted molar refractivity (Wildman–Crippen MR) is 104 cm³/mol. The molecule has 0 bridgehead atoms. The van der Waals surface area contributed by atoms with Crippen molar-refractivity contribution in [2.24, 2.45) is 4.99 Å². The first-order valence-corrected chi connectivity index (χ1v) is 10.1. The van der Waals surface area contributed by atoms with E-state index in [1.165, 1.54) is 30.8 Å². The van der Waals surface area contributed by atoms with E-state index in [0.29, 0.717) is 6.04 Å². The second-order valence-electron chi connectivity index (χ2n) is 6.25. The SMILES string of the molecule is CCNC(=NCC(c1cccs1)N1CCCC1)NCCc1ccco1. The van der Waals surface area contributed by atoms with Crippen molar-refractivity contribution >= 4 is 17.3 Å². The highest BCUT2D eigenvalue weighted by Gasteiger charge is 2.24. The summed E-state index contributed by atoms with van der Waals surface area (Å²) in [5.41, 5.74) is 0. The van der Waals surface area contributed by atoms with Crippen LogP contribution in [0.3, 0.4) is 0 Å². The molecule has 0 aliphatic carbocycles. The minimum atomic E-state index is 0.392. The van der Waals surface area contributed by atoms with Crippen LogP contribution in [0.15, 0.2) is 45.3 Å². The summed E-state index contributed by atoms with van der Waals surface area (Å²) in [7, 11) is 0. The van der Waals surface area contributed by atoms with Gasteiger partial charge in [0.1, 0.15) is 5.76 Å². The van der Waals surface area contributed by atoms with Crippen LogP contribution in [0.4, 0.5) is 0 Å². The minimum absolute atomic E-state index is 0.392. The number of furan rings is 1. The lowest BCUT2D eigenvalue weighted by atomic mass is 10.2. The van der Waals surface area contributed by atoms with Crippen molar-refractivity contribution in [1.29, 1.82) is 0 Å². The first kappa shape index (κ1) is 18.0. The highest BCUT2D eigenvalue weighted by atomic mass is 32.1. The highest BCUT2D eigenvalue weighted by molar-refractivity contribution is 7.10. The van der Waals surface area contributed by atoms with E-state index in [-0.39, 0.29) is 0 Å². The fraction of sp³-hybridized carbons (Fsp3) is 0.526. The molecule has 3 rings (SSSR count). The zero-order valence-corrected chi connectivity index (χ0v) is 15.7. The van der Waals surface area contributed by atoms with Crippen LogP contribution in [0.25, 0.3) is 0 Å². The van der Waals surface area contributed by atoms with Crippen LogP contribution < -0.4 is 10.6 Å². The number of hydrogen-bond acceptors (Lipinski definition) is 4. The zero-order valence-electron chi connectivity index (χ0n) is 14.9. The Morgan fingerprint density at radius 2 is 2.16 bits per heavy atom. The number of guanidine groups is 1. The molecule has 0 radical (unpaired) electrons. The minimum Gasteiger partial charge on any atom is -0.469 e. The number of rotatable bonds is 8. The molecular formula is C19H28N4OS. The molecule has 0 aromatic carbocycles. The number of hydrogen-bond donors (Lipinski definition) is 2. The van der Waals surface area contributed by atoms with Crippen LogP contribution in [-0.4, -0.2) is 43.6 Å². The van der Waals surface area contributed by atoms with Gasteiger partial charge in [0.15, 0.2) is 5.96 Å². The van der Waals surface area contributed by atoms with Crippen molar-refractivity contribution in [2.45, 2.75) is 32.2 Å². The average Bonchev–Trinajstić information content (AvgIpc) is 3.38. The molecule has 1 atom stereocenters.